The van der Waals surface area contributed by atoms with E-state index in [1.807, 2.05) is 6.92 Å². The van der Waals surface area contributed by atoms with Crippen LogP contribution in [0.2, 0.25) is 0 Å². The van der Waals surface area contributed by atoms with Crippen molar-refractivity contribution in [2.24, 2.45) is 0 Å². The van der Waals surface area contributed by atoms with E-state index in [-0.39, 0.29) is 16.1 Å². The number of aromatic carboxylic acids is 1. The second kappa shape index (κ2) is 5.80. The van der Waals surface area contributed by atoms with Gasteiger partial charge in [0.05, 0.1) is 10.5 Å². The van der Waals surface area contributed by atoms with Crippen LogP contribution in [0.1, 0.15) is 44.0 Å². The molecule has 0 bridgehead atoms. The molecule has 0 atom stereocenters. The standard InChI is InChI=1S/C13H20N2O4S/c1-4-7-13(2,3)15-20(18,19)11-6-5-9(14)8-10(11)12(16)17/h5-6,8,15H,4,7,14H2,1-3H3,(H,16,17). The molecule has 0 spiro atoms. The van der Waals surface area contributed by atoms with Gasteiger partial charge in [0.1, 0.15) is 0 Å². The average Bonchev–Trinajstić information content (AvgIpc) is 2.26. The molecule has 0 fully saturated rings. The van der Waals surface area contributed by atoms with Gasteiger partial charge in [-0.05, 0) is 38.5 Å². The second-order valence-corrected chi connectivity index (χ2v) is 6.95. The van der Waals surface area contributed by atoms with Gasteiger partial charge < -0.3 is 10.8 Å². The summed E-state index contributed by atoms with van der Waals surface area (Å²) in [4.78, 5) is 10.9. The van der Waals surface area contributed by atoms with Gasteiger partial charge in [-0.2, -0.15) is 0 Å². The summed E-state index contributed by atoms with van der Waals surface area (Å²) in [5.74, 6) is -1.33. The Bertz CT molecular complexity index is 609. The van der Waals surface area contributed by atoms with Crippen LogP contribution in [0, 0.1) is 0 Å². The van der Waals surface area contributed by atoms with Crippen LogP contribution in [0.25, 0.3) is 0 Å². The minimum absolute atomic E-state index is 0.203. The van der Waals surface area contributed by atoms with Crippen molar-refractivity contribution < 1.29 is 18.3 Å². The third-order valence-corrected chi connectivity index (χ3v) is 4.57. The van der Waals surface area contributed by atoms with Crippen molar-refractivity contribution in [3.05, 3.63) is 23.8 Å². The highest BCUT2D eigenvalue weighted by Gasteiger charge is 2.28. The average molecular weight is 300 g/mol. The Morgan fingerprint density at radius 1 is 1.40 bits per heavy atom. The zero-order valence-corrected chi connectivity index (χ0v) is 12.6. The maximum atomic E-state index is 12.3. The number of hydrogen-bond acceptors (Lipinski definition) is 4. The highest BCUT2D eigenvalue weighted by Crippen LogP contribution is 2.22. The quantitative estimate of drug-likeness (QED) is 0.694. The maximum Gasteiger partial charge on any atom is 0.337 e. The number of anilines is 1. The number of carbonyl (C=O) groups is 1. The summed E-state index contributed by atoms with van der Waals surface area (Å²) in [6, 6.07) is 3.72. The summed E-state index contributed by atoms with van der Waals surface area (Å²) in [5.41, 5.74) is 4.73. The molecule has 0 unspecified atom stereocenters. The first-order chi connectivity index (χ1) is 9.09. The molecule has 0 aliphatic heterocycles. The molecule has 0 heterocycles. The van der Waals surface area contributed by atoms with Crippen LogP contribution in [0.5, 0.6) is 0 Å². The molecule has 112 valence electrons. The first-order valence-electron chi connectivity index (χ1n) is 6.26. The van der Waals surface area contributed by atoms with E-state index in [2.05, 4.69) is 4.72 Å². The number of carboxylic acids is 1. The molecule has 1 rings (SSSR count). The van der Waals surface area contributed by atoms with Crippen LogP contribution in [0.3, 0.4) is 0 Å². The lowest BCUT2D eigenvalue weighted by atomic mass is 10.0. The molecule has 7 heteroatoms. The summed E-state index contributed by atoms with van der Waals surface area (Å²) >= 11 is 0. The van der Waals surface area contributed by atoms with Gasteiger partial charge in [0, 0.05) is 11.2 Å². The Hall–Kier alpha value is -1.60. The first kappa shape index (κ1) is 16.5. The van der Waals surface area contributed by atoms with Crippen molar-refractivity contribution in [2.45, 2.75) is 44.0 Å². The van der Waals surface area contributed by atoms with Crippen molar-refractivity contribution in [1.29, 1.82) is 0 Å². The molecule has 0 aliphatic carbocycles. The zero-order chi connectivity index (χ0) is 15.6. The number of nitrogens with two attached hydrogens (primary N) is 1. The van der Waals surface area contributed by atoms with E-state index in [4.69, 9.17) is 10.8 Å². The highest BCUT2D eigenvalue weighted by atomic mass is 32.2. The van der Waals surface area contributed by atoms with Gasteiger partial charge >= 0.3 is 5.97 Å². The SMILES string of the molecule is CCCC(C)(C)NS(=O)(=O)c1ccc(N)cc1C(=O)O. The fraction of sp³-hybridized carbons (Fsp3) is 0.462. The number of nitrogens with one attached hydrogen (secondary N) is 1. The number of hydrogen-bond donors (Lipinski definition) is 3. The van der Waals surface area contributed by atoms with Gasteiger partial charge in [0.15, 0.2) is 0 Å². The molecule has 1 aromatic carbocycles. The molecule has 0 aromatic heterocycles. The predicted molar refractivity (Wildman–Crippen MR) is 77.1 cm³/mol. The molecule has 4 N–H and O–H groups in total. The van der Waals surface area contributed by atoms with E-state index in [1.54, 1.807) is 13.8 Å². The summed E-state index contributed by atoms with van der Waals surface area (Å²) in [7, 11) is -3.92. The number of nitrogen functional groups attached to an aromatic ring is 1. The lowest BCUT2D eigenvalue weighted by Crippen LogP contribution is -2.43. The molecule has 1 aromatic rings. The summed E-state index contributed by atoms with van der Waals surface area (Å²) in [6.07, 6.45) is 1.45. The van der Waals surface area contributed by atoms with E-state index >= 15 is 0 Å². The van der Waals surface area contributed by atoms with Gasteiger partial charge in [0.2, 0.25) is 10.0 Å². The normalized spacial score (nSPS) is 12.3. The van der Waals surface area contributed by atoms with Crippen LogP contribution < -0.4 is 10.5 Å². The summed E-state index contributed by atoms with van der Waals surface area (Å²) < 4.78 is 27.2. The monoisotopic (exact) mass is 300 g/mol. The summed E-state index contributed by atoms with van der Waals surface area (Å²) in [6.45, 7) is 5.46. The van der Waals surface area contributed by atoms with E-state index in [0.29, 0.717) is 6.42 Å². The highest BCUT2D eigenvalue weighted by molar-refractivity contribution is 7.89. The molecular formula is C13H20N2O4S. The Balaban J connectivity index is 3.26. The van der Waals surface area contributed by atoms with Crippen LogP contribution in [-0.2, 0) is 10.0 Å². The van der Waals surface area contributed by atoms with E-state index < -0.39 is 21.5 Å². The van der Waals surface area contributed by atoms with Gasteiger partial charge in [-0.3, -0.25) is 0 Å². The molecule has 6 nitrogen and oxygen atoms in total. The van der Waals surface area contributed by atoms with Crippen molar-refractivity contribution in [3.63, 3.8) is 0 Å². The Labute approximate surface area is 119 Å². The number of rotatable bonds is 6. The Kier molecular flexibility index (Phi) is 4.77. The van der Waals surface area contributed by atoms with Crippen LogP contribution in [-0.4, -0.2) is 25.0 Å². The fourth-order valence-electron chi connectivity index (χ4n) is 2.04. The summed E-state index contributed by atoms with van der Waals surface area (Å²) in [5, 5.41) is 9.11. The topological polar surface area (TPSA) is 109 Å². The maximum absolute atomic E-state index is 12.3. The van der Waals surface area contributed by atoms with Gasteiger partial charge in [-0.1, -0.05) is 13.3 Å². The van der Waals surface area contributed by atoms with Gasteiger partial charge in [0.25, 0.3) is 0 Å². The minimum atomic E-state index is -3.92. The molecule has 0 saturated heterocycles. The number of benzene rings is 1. The van der Waals surface area contributed by atoms with Gasteiger partial charge in [-0.25, -0.2) is 17.9 Å². The number of carboxylic acid groups (broad SMARTS) is 1. The second-order valence-electron chi connectivity index (χ2n) is 5.30. The smallest absolute Gasteiger partial charge is 0.337 e. The molecule has 0 radical (unpaired) electrons. The Morgan fingerprint density at radius 3 is 2.50 bits per heavy atom. The van der Waals surface area contributed by atoms with Crippen molar-refractivity contribution in [2.75, 3.05) is 5.73 Å². The van der Waals surface area contributed by atoms with Gasteiger partial charge in [-0.15, -0.1) is 0 Å². The van der Waals surface area contributed by atoms with Crippen LogP contribution >= 0.6 is 0 Å². The largest absolute Gasteiger partial charge is 0.478 e. The van der Waals surface area contributed by atoms with Crippen molar-refractivity contribution >= 4 is 21.7 Å². The van der Waals surface area contributed by atoms with Crippen LogP contribution in [0.4, 0.5) is 5.69 Å². The third kappa shape index (κ3) is 3.94. The number of sulfonamides is 1. The van der Waals surface area contributed by atoms with E-state index in [9.17, 15) is 13.2 Å². The molecule has 20 heavy (non-hydrogen) atoms. The van der Waals surface area contributed by atoms with Crippen LogP contribution in [0.15, 0.2) is 23.1 Å². The molecule has 0 saturated carbocycles. The van der Waals surface area contributed by atoms with E-state index in [0.717, 1.165) is 12.5 Å². The minimum Gasteiger partial charge on any atom is -0.478 e. The molecule has 0 amide bonds. The zero-order valence-electron chi connectivity index (χ0n) is 11.8. The lowest BCUT2D eigenvalue weighted by molar-refractivity contribution is 0.0692. The third-order valence-electron chi connectivity index (χ3n) is 2.81. The van der Waals surface area contributed by atoms with Crippen molar-refractivity contribution in [3.8, 4) is 0 Å². The Morgan fingerprint density at radius 2 is 2.00 bits per heavy atom. The fourth-order valence-corrected chi connectivity index (χ4v) is 3.67. The first-order valence-corrected chi connectivity index (χ1v) is 7.74. The predicted octanol–water partition coefficient (Wildman–Crippen LogP) is 1.82. The van der Waals surface area contributed by atoms with Crippen molar-refractivity contribution in [1.82, 2.24) is 4.72 Å². The molecular weight excluding hydrogens is 280 g/mol. The lowest BCUT2D eigenvalue weighted by Gasteiger charge is -2.25. The molecule has 0 aliphatic rings. The van der Waals surface area contributed by atoms with E-state index in [1.165, 1.54) is 12.1 Å².